The quantitative estimate of drug-likeness (QED) is 0.919. The lowest BCUT2D eigenvalue weighted by molar-refractivity contribution is 0.0949. The molecule has 0 bridgehead atoms. The predicted octanol–water partition coefficient (Wildman–Crippen LogP) is 1.49. The fraction of sp³-hybridized carbons (Fsp3) is 0.500. The number of hydrogen-bond donors (Lipinski definition) is 1. The van der Waals surface area contributed by atoms with Gasteiger partial charge in [-0.2, -0.15) is 10.2 Å². The largest absolute Gasteiger partial charge is 0.348 e. The highest BCUT2D eigenvalue weighted by molar-refractivity contribution is 5.96. The zero-order chi connectivity index (χ0) is 14.9. The fourth-order valence-corrected chi connectivity index (χ4v) is 2.34. The molecule has 20 heavy (non-hydrogen) atoms. The molecular formula is C14H21N5O. The van der Waals surface area contributed by atoms with Crippen LogP contribution in [0.25, 0.3) is 0 Å². The lowest BCUT2D eigenvalue weighted by Crippen LogP contribution is -2.24. The molecule has 0 radical (unpaired) electrons. The Bertz CT molecular complexity index is 638. The van der Waals surface area contributed by atoms with Crippen LogP contribution in [-0.4, -0.2) is 25.5 Å². The zero-order valence-electron chi connectivity index (χ0n) is 12.7. The van der Waals surface area contributed by atoms with Gasteiger partial charge in [0.15, 0.2) is 0 Å². The van der Waals surface area contributed by atoms with Crippen molar-refractivity contribution in [3.05, 3.63) is 34.4 Å². The molecule has 108 valence electrons. The standard InChI is InChI=1S/C14H21N5O/c1-6-19-10(3)12(8-16-19)7-15-14(20)13-9(2)17-18(5)11(13)4/h8H,6-7H2,1-5H3,(H,15,20). The van der Waals surface area contributed by atoms with Crippen LogP contribution < -0.4 is 5.32 Å². The molecule has 0 aliphatic rings. The number of hydrogen-bond acceptors (Lipinski definition) is 3. The molecule has 0 aliphatic carbocycles. The van der Waals surface area contributed by atoms with Crippen molar-refractivity contribution in [2.45, 2.75) is 40.8 Å². The molecule has 0 saturated heterocycles. The third-order valence-corrected chi connectivity index (χ3v) is 3.68. The maximum absolute atomic E-state index is 12.3. The highest BCUT2D eigenvalue weighted by Crippen LogP contribution is 2.12. The summed E-state index contributed by atoms with van der Waals surface area (Å²) in [6, 6.07) is 0. The Labute approximate surface area is 118 Å². The lowest BCUT2D eigenvalue weighted by Gasteiger charge is -2.06. The number of carbonyl (C=O) groups is 1. The molecule has 0 unspecified atom stereocenters. The molecule has 0 fully saturated rings. The average Bonchev–Trinajstić information content (AvgIpc) is 2.88. The van der Waals surface area contributed by atoms with Crippen LogP contribution in [0.5, 0.6) is 0 Å². The Kier molecular flexibility index (Phi) is 3.92. The first-order valence-corrected chi connectivity index (χ1v) is 6.75. The number of rotatable bonds is 4. The molecule has 2 heterocycles. The van der Waals surface area contributed by atoms with Crippen molar-refractivity contribution in [3.8, 4) is 0 Å². The molecule has 1 amide bonds. The molecule has 6 nitrogen and oxygen atoms in total. The zero-order valence-corrected chi connectivity index (χ0v) is 12.7. The Morgan fingerprint density at radius 3 is 2.50 bits per heavy atom. The van der Waals surface area contributed by atoms with Gasteiger partial charge in [-0.05, 0) is 27.7 Å². The predicted molar refractivity (Wildman–Crippen MR) is 76.5 cm³/mol. The topological polar surface area (TPSA) is 64.7 Å². The number of aryl methyl sites for hydroxylation is 3. The van der Waals surface area contributed by atoms with E-state index in [1.165, 1.54) is 0 Å². The van der Waals surface area contributed by atoms with Crippen molar-refractivity contribution in [3.63, 3.8) is 0 Å². The number of aromatic nitrogens is 4. The van der Waals surface area contributed by atoms with E-state index in [-0.39, 0.29) is 5.91 Å². The van der Waals surface area contributed by atoms with Crippen LogP contribution in [-0.2, 0) is 20.1 Å². The van der Waals surface area contributed by atoms with Gasteiger partial charge in [0.05, 0.1) is 17.5 Å². The number of nitrogens with one attached hydrogen (secondary N) is 1. The Morgan fingerprint density at radius 2 is 2.00 bits per heavy atom. The minimum Gasteiger partial charge on any atom is -0.348 e. The average molecular weight is 275 g/mol. The Balaban J connectivity index is 2.10. The molecule has 0 atom stereocenters. The van der Waals surface area contributed by atoms with Crippen LogP contribution in [0.2, 0.25) is 0 Å². The van der Waals surface area contributed by atoms with Gasteiger partial charge >= 0.3 is 0 Å². The van der Waals surface area contributed by atoms with Gasteiger partial charge in [-0.25, -0.2) is 0 Å². The second-order valence-corrected chi connectivity index (χ2v) is 4.92. The second kappa shape index (κ2) is 5.48. The first-order valence-electron chi connectivity index (χ1n) is 6.75. The van der Waals surface area contributed by atoms with E-state index in [0.717, 1.165) is 29.2 Å². The van der Waals surface area contributed by atoms with E-state index in [9.17, 15) is 4.79 Å². The van der Waals surface area contributed by atoms with Crippen LogP contribution >= 0.6 is 0 Å². The molecule has 2 aromatic heterocycles. The molecule has 2 aromatic rings. The summed E-state index contributed by atoms with van der Waals surface area (Å²) >= 11 is 0. The second-order valence-electron chi connectivity index (χ2n) is 4.92. The van der Waals surface area contributed by atoms with Crippen LogP contribution in [0, 0.1) is 20.8 Å². The van der Waals surface area contributed by atoms with Crippen molar-refractivity contribution in [2.24, 2.45) is 7.05 Å². The molecule has 1 N–H and O–H groups in total. The summed E-state index contributed by atoms with van der Waals surface area (Å²) in [5, 5.41) is 11.5. The molecule has 2 rings (SSSR count). The molecule has 0 aliphatic heterocycles. The van der Waals surface area contributed by atoms with Crippen LogP contribution in [0.15, 0.2) is 6.20 Å². The SMILES string of the molecule is CCn1ncc(CNC(=O)c2c(C)nn(C)c2C)c1C. The summed E-state index contributed by atoms with van der Waals surface area (Å²) in [6.45, 7) is 9.12. The summed E-state index contributed by atoms with van der Waals surface area (Å²) in [4.78, 5) is 12.3. The number of carbonyl (C=O) groups excluding carboxylic acids is 1. The van der Waals surface area contributed by atoms with Gasteiger partial charge in [0, 0.05) is 37.1 Å². The summed E-state index contributed by atoms with van der Waals surface area (Å²) in [5.74, 6) is -0.0863. The van der Waals surface area contributed by atoms with E-state index in [1.807, 2.05) is 45.6 Å². The molecule has 0 saturated carbocycles. The van der Waals surface area contributed by atoms with Crippen molar-refractivity contribution in [1.82, 2.24) is 24.9 Å². The van der Waals surface area contributed by atoms with E-state index < -0.39 is 0 Å². The van der Waals surface area contributed by atoms with Gasteiger partial charge in [0.25, 0.3) is 5.91 Å². The molecule has 0 spiro atoms. The van der Waals surface area contributed by atoms with Crippen LogP contribution in [0.4, 0.5) is 0 Å². The Hall–Kier alpha value is -2.11. The van der Waals surface area contributed by atoms with Crippen molar-refractivity contribution in [1.29, 1.82) is 0 Å². The summed E-state index contributed by atoms with van der Waals surface area (Å²) in [5.41, 5.74) is 4.42. The van der Waals surface area contributed by atoms with Gasteiger partial charge in [-0.1, -0.05) is 0 Å². The van der Waals surface area contributed by atoms with Crippen molar-refractivity contribution in [2.75, 3.05) is 0 Å². The molecule has 6 heteroatoms. The summed E-state index contributed by atoms with van der Waals surface area (Å²) in [7, 11) is 1.84. The van der Waals surface area contributed by atoms with Gasteiger partial charge in [0.2, 0.25) is 0 Å². The number of nitrogens with zero attached hydrogens (tertiary/aromatic N) is 4. The van der Waals surface area contributed by atoms with Gasteiger partial charge in [-0.3, -0.25) is 14.2 Å². The maximum atomic E-state index is 12.3. The van der Waals surface area contributed by atoms with Crippen LogP contribution in [0.3, 0.4) is 0 Å². The monoisotopic (exact) mass is 275 g/mol. The van der Waals surface area contributed by atoms with Gasteiger partial charge in [-0.15, -0.1) is 0 Å². The van der Waals surface area contributed by atoms with Crippen LogP contribution in [0.1, 0.15) is 39.9 Å². The number of amides is 1. The Morgan fingerprint density at radius 1 is 1.30 bits per heavy atom. The van der Waals surface area contributed by atoms with E-state index in [2.05, 4.69) is 15.5 Å². The van der Waals surface area contributed by atoms with Crippen molar-refractivity contribution >= 4 is 5.91 Å². The smallest absolute Gasteiger partial charge is 0.255 e. The highest BCUT2D eigenvalue weighted by atomic mass is 16.1. The normalized spacial score (nSPS) is 10.8. The van der Waals surface area contributed by atoms with Gasteiger partial charge < -0.3 is 5.32 Å². The minimum absolute atomic E-state index is 0.0863. The highest BCUT2D eigenvalue weighted by Gasteiger charge is 2.17. The van der Waals surface area contributed by atoms with E-state index in [0.29, 0.717) is 12.1 Å². The minimum atomic E-state index is -0.0863. The molecular weight excluding hydrogens is 254 g/mol. The maximum Gasteiger partial charge on any atom is 0.255 e. The van der Waals surface area contributed by atoms with E-state index >= 15 is 0 Å². The third-order valence-electron chi connectivity index (χ3n) is 3.68. The van der Waals surface area contributed by atoms with E-state index in [1.54, 1.807) is 4.68 Å². The lowest BCUT2D eigenvalue weighted by atomic mass is 10.1. The molecule has 0 aromatic carbocycles. The summed E-state index contributed by atoms with van der Waals surface area (Å²) in [6.07, 6.45) is 1.81. The third kappa shape index (κ3) is 2.45. The van der Waals surface area contributed by atoms with E-state index in [4.69, 9.17) is 0 Å². The first-order chi connectivity index (χ1) is 9.45. The van der Waals surface area contributed by atoms with Crippen molar-refractivity contribution < 1.29 is 4.79 Å². The summed E-state index contributed by atoms with van der Waals surface area (Å²) < 4.78 is 3.65. The fourth-order valence-electron chi connectivity index (χ4n) is 2.34. The first kappa shape index (κ1) is 14.3. The van der Waals surface area contributed by atoms with Gasteiger partial charge in [0.1, 0.15) is 0 Å².